The van der Waals surface area contributed by atoms with Crippen LogP contribution in [0.5, 0.6) is 0 Å². The minimum absolute atomic E-state index is 0.00985. The maximum Gasteiger partial charge on any atom is 0.267 e. The maximum absolute atomic E-state index is 14.1. The number of amides is 1. The minimum atomic E-state index is -3.77. The normalized spacial score (nSPS) is 17.1. The Hall–Kier alpha value is -4.86. The SMILES string of the molecule is CCS(=O)(=O)NC(=O)c1csc2c(-c3cc(Cl)ccc3C#CCn3c(C)nc4cnc(N(C)C5CCN(C6CC7(CC7)C6)CC5)c(C#N)c4c3=O)ccnc12. The largest absolute Gasteiger partial charge is 0.355 e. The summed E-state index contributed by atoms with van der Waals surface area (Å²) in [6.45, 7) is 5.24. The van der Waals surface area contributed by atoms with Crippen LogP contribution in [0.3, 0.4) is 0 Å². The average Bonchev–Trinajstić information content (AvgIpc) is 3.86. The van der Waals surface area contributed by atoms with E-state index >= 15 is 0 Å². The molecule has 1 aliphatic heterocycles. The number of hydrogen-bond donors (Lipinski definition) is 1. The summed E-state index contributed by atoms with van der Waals surface area (Å²) < 4.78 is 28.4. The first kappa shape index (κ1) is 37.1. The van der Waals surface area contributed by atoms with Crippen molar-refractivity contribution in [2.45, 2.75) is 71.0 Å². The van der Waals surface area contributed by atoms with E-state index < -0.39 is 15.9 Å². The van der Waals surface area contributed by atoms with Gasteiger partial charge in [-0.25, -0.2) is 23.1 Å². The number of fused-ring (bicyclic) bond motifs is 2. The van der Waals surface area contributed by atoms with Crippen molar-refractivity contribution in [1.29, 1.82) is 5.26 Å². The summed E-state index contributed by atoms with van der Waals surface area (Å²) in [5.41, 5.74) is 3.41. The Kier molecular flexibility index (Phi) is 9.66. The van der Waals surface area contributed by atoms with Crippen LogP contribution in [-0.2, 0) is 16.6 Å². The Balaban J connectivity index is 1.07. The summed E-state index contributed by atoms with van der Waals surface area (Å²) in [7, 11) is -1.80. The summed E-state index contributed by atoms with van der Waals surface area (Å²) in [4.78, 5) is 45.4. The average molecular weight is 795 g/mol. The van der Waals surface area contributed by atoms with Gasteiger partial charge in [0.25, 0.3) is 11.5 Å². The van der Waals surface area contributed by atoms with Gasteiger partial charge in [0.05, 0.1) is 45.2 Å². The minimum Gasteiger partial charge on any atom is -0.355 e. The van der Waals surface area contributed by atoms with Crippen molar-refractivity contribution >= 4 is 65.8 Å². The number of halogens is 1. The molecule has 0 bridgehead atoms. The van der Waals surface area contributed by atoms with Gasteiger partial charge in [-0.3, -0.25) is 19.1 Å². The fourth-order valence-electron chi connectivity index (χ4n) is 8.10. The number of anilines is 1. The van der Waals surface area contributed by atoms with Crippen molar-refractivity contribution in [3.8, 4) is 29.0 Å². The lowest BCUT2D eigenvalue weighted by atomic mass is 9.75. The summed E-state index contributed by atoms with van der Waals surface area (Å²) in [6, 6.07) is 10.2. The molecule has 4 aromatic heterocycles. The van der Waals surface area contributed by atoms with Gasteiger partial charge in [0.2, 0.25) is 10.0 Å². The molecule has 1 amide bonds. The van der Waals surface area contributed by atoms with E-state index in [0.29, 0.717) is 60.5 Å². The van der Waals surface area contributed by atoms with Gasteiger partial charge in [0.1, 0.15) is 23.3 Å². The Bertz CT molecular complexity index is 2650. The monoisotopic (exact) mass is 794 g/mol. The molecule has 1 spiro atoms. The molecule has 0 atom stereocenters. The molecular formula is C40H39ClN8O4S2. The Morgan fingerprint density at radius 3 is 2.64 bits per heavy atom. The second-order valence-electron chi connectivity index (χ2n) is 14.8. The number of benzene rings is 1. The van der Waals surface area contributed by atoms with Gasteiger partial charge in [-0.1, -0.05) is 23.4 Å². The molecule has 1 aromatic carbocycles. The zero-order chi connectivity index (χ0) is 38.6. The predicted molar refractivity (Wildman–Crippen MR) is 215 cm³/mol. The molecular weight excluding hydrogens is 756 g/mol. The standard InChI is InChI=1S/C40H39ClN8O4S2/c1-4-55(52,53)46-38(50)32-23-54-36-29(9-14-43-35(32)36)30-18-26(41)8-7-25(30)6-5-15-49-24(2)45-33-22-44-37(31(21-42)34(33)39(49)51)47(3)27-10-16-48(17-11-27)28-19-40(20-28)12-13-40/h7-9,14,18,22-23,27-28H,4,10-13,15-17,19-20H2,1-3H3,(H,46,50). The lowest BCUT2D eigenvalue weighted by molar-refractivity contribution is 0.0457. The van der Waals surface area contributed by atoms with Crippen LogP contribution in [0.15, 0.2) is 46.8 Å². The van der Waals surface area contributed by atoms with Crippen LogP contribution >= 0.6 is 22.9 Å². The van der Waals surface area contributed by atoms with E-state index in [4.69, 9.17) is 11.6 Å². The summed E-state index contributed by atoms with van der Waals surface area (Å²) >= 11 is 7.72. The first-order chi connectivity index (χ1) is 26.4. The van der Waals surface area contributed by atoms with Gasteiger partial charge in [-0.15, -0.1) is 11.3 Å². The number of rotatable bonds is 8. The zero-order valence-electron chi connectivity index (χ0n) is 30.7. The summed E-state index contributed by atoms with van der Waals surface area (Å²) in [5, 5.41) is 12.7. The van der Waals surface area contributed by atoms with Crippen molar-refractivity contribution in [1.82, 2.24) is 29.1 Å². The Morgan fingerprint density at radius 1 is 1.16 bits per heavy atom. The zero-order valence-corrected chi connectivity index (χ0v) is 33.1. The number of carbonyl (C=O) groups is 1. The molecule has 3 fully saturated rings. The first-order valence-corrected chi connectivity index (χ1v) is 21.3. The lowest BCUT2D eigenvalue weighted by Gasteiger charge is -2.47. The maximum atomic E-state index is 14.1. The third-order valence-electron chi connectivity index (χ3n) is 11.5. The highest BCUT2D eigenvalue weighted by Crippen LogP contribution is 2.62. The number of likely N-dealkylation sites (tertiary alicyclic amines) is 1. The number of hydrogen-bond acceptors (Lipinski definition) is 11. The van der Waals surface area contributed by atoms with Crippen molar-refractivity contribution in [2.75, 3.05) is 30.8 Å². The van der Waals surface area contributed by atoms with E-state index in [0.717, 1.165) is 25.9 Å². The third-order valence-corrected chi connectivity index (χ3v) is 14.0. The van der Waals surface area contributed by atoms with Crippen LogP contribution in [0.1, 0.15) is 72.8 Å². The Morgan fingerprint density at radius 2 is 1.93 bits per heavy atom. The summed E-state index contributed by atoms with van der Waals surface area (Å²) in [6.07, 6.45) is 10.5. The number of carbonyl (C=O) groups excluding carboxylic acids is 1. The number of pyridine rings is 2. The number of piperidine rings is 1. The number of sulfonamides is 1. The fourth-order valence-corrected chi connectivity index (χ4v) is 9.84. The predicted octanol–water partition coefficient (Wildman–Crippen LogP) is 5.88. The first-order valence-electron chi connectivity index (χ1n) is 18.4. The van der Waals surface area contributed by atoms with Gasteiger partial charge in [0.15, 0.2) is 0 Å². The van der Waals surface area contributed by atoms with Crippen LogP contribution in [0, 0.1) is 35.5 Å². The van der Waals surface area contributed by atoms with Crippen molar-refractivity contribution in [2.24, 2.45) is 5.41 Å². The van der Waals surface area contributed by atoms with Gasteiger partial charge in [-0.05, 0) is 82.1 Å². The molecule has 12 nitrogen and oxygen atoms in total. The molecule has 2 saturated carbocycles. The van der Waals surface area contributed by atoms with Crippen LogP contribution < -0.4 is 15.2 Å². The molecule has 1 N–H and O–H groups in total. The topological polar surface area (TPSA) is 154 Å². The van der Waals surface area contributed by atoms with E-state index in [9.17, 15) is 23.3 Å². The smallest absolute Gasteiger partial charge is 0.267 e. The van der Waals surface area contributed by atoms with E-state index in [1.54, 1.807) is 49.0 Å². The second-order valence-corrected chi connectivity index (χ2v) is 18.2. The highest BCUT2D eigenvalue weighted by Gasteiger charge is 2.54. The molecule has 282 valence electrons. The summed E-state index contributed by atoms with van der Waals surface area (Å²) in [5.74, 6) is 6.27. The molecule has 0 unspecified atom stereocenters. The van der Waals surface area contributed by atoms with E-state index in [1.807, 2.05) is 7.05 Å². The molecule has 3 aliphatic rings. The number of nitrogens with zero attached hydrogens (tertiary/aromatic N) is 7. The lowest BCUT2D eigenvalue weighted by Crippen LogP contribution is -2.52. The molecule has 15 heteroatoms. The van der Waals surface area contributed by atoms with E-state index in [1.165, 1.54) is 48.5 Å². The van der Waals surface area contributed by atoms with E-state index in [-0.39, 0.29) is 40.4 Å². The highest BCUT2D eigenvalue weighted by atomic mass is 35.5. The quantitative estimate of drug-likeness (QED) is 0.189. The number of thiophene rings is 1. The van der Waals surface area contributed by atoms with Gasteiger partial charge < -0.3 is 9.80 Å². The molecule has 2 aliphatic carbocycles. The van der Waals surface area contributed by atoms with Crippen molar-refractivity contribution < 1.29 is 13.2 Å². The number of aromatic nitrogens is 4. The van der Waals surface area contributed by atoms with Crippen LogP contribution in [-0.4, -0.2) is 76.7 Å². The number of nitriles is 1. The Labute approximate surface area is 328 Å². The third kappa shape index (κ3) is 6.97. The highest BCUT2D eigenvalue weighted by molar-refractivity contribution is 7.90. The van der Waals surface area contributed by atoms with Gasteiger partial charge in [0, 0.05) is 65.5 Å². The van der Waals surface area contributed by atoms with Gasteiger partial charge in [-0.2, -0.15) is 5.26 Å². The number of aryl methyl sites for hydroxylation is 1. The molecule has 8 rings (SSSR count). The van der Waals surface area contributed by atoms with Crippen LogP contribution in [0.4, 0.5) is 5.82 Å². The molecule has 5 heterocycles. The second kappa shape index (κ2) is 14.3. The molecule has 55 heavy (non-hydrogen) atoms. The molecule has 5 aromatic rings. The van der Waals surface area contributed by atoms with Crippen molar-refractivity contribution in [3.63, 3.8) is 0 Å². The van der Waals surface area contributed by atoms with Crippen molar-refractivity contribution in [3.05, 3.63) is 79.9 Å². The molecule has 0 radical (unpaired) electrons. The molecule has 1 saturated heterocycles. The van der Waals surface area contributed by atoms with Crippen LogP contribution in [0.25, 0.3) is 32.2 Å². The number of nitrogens with one attached hydrogen (secondary N) is 1. The fraction of sp³-hybridized carbons (Fsp3) is 0.400. The van der Waals surface area contributed by atoms with Crippen LogP contribution in [0.2, 0.25) is 5.02 Å². The van der Waals surface area contributed by atoms with Gasteiger partial charge >= 0.3 is 0 Å². The van der Waals surface area contributed by atoms with E-state index in [2.05, 4.69) is 47.4 Å².